The van der Waals surface area contributed by atoms with E-state index in [4.69, 9.17) is 5.73 Å². The van der Waals surface area contributed by atoms with Crippen molar-refractivity contribution in [1.29, 1.82) is 0 Å². The van der Waals surface area contributed by atoms with Crippen LogP contribution >= 0.6 is 23.1 Å². The SMILES string of the molecule is NC1C(=O)N2C(C(=O)[O-])=C(C[n+]3cccc4ccsc43)CS[C@H]12. The Morgan fingerprint density at radius 3 is 3.09 bits per heavy atom. The lowest BCUT2D eigenvalue weighted by Crippen LogP contribution is -2.69. The molecule has 0 aliphatic carbocycles. The van der Waals surface area contributed by atoms with Crippen LogP contribution in [0.5, 0.6) is 0 Å². The quantitative estimate of drug-likeness (QED) is 0.593. The maximum atomic E-state index is 11.9. The minimum atomic E-state index is -1.32. The van der Waals surface area contributed by atoms with Crippen molar-refractivity contribution in [3.8, 4) is 0 Å². The summed E-state index contributed by atoms with van der Waals surface area (Å²) in [4.78, 5) is 25.9. The Kier molecular flexibility index (Phi) is 3.40. The van der Waals surface area contributed by atoms with Crippen molar-refractivity contribution in [2.45, 2.75) is 18.0 Å². The molecule has 2 aromatic rings. The van der Waals surface area contributed by atoms with Gasteiger partial charge < -0.3 is 15.6 Å². The summed E-state index contributed by atoms with van der Waals surface area (Å²) in [5, 5.41) is 14.4. The molecule has 2 aliphatic rings. The molecule has 23 heavy (non-hydrogen) atoms. The standard InChI is InChI=1S/C15H13N3O3S2/c16-10-12(19)18-11(15(20)21)9(7-23-14(10)18)6-17-4-1-2-8-3-5-22-13(8)17/h1-5,10,14H,6-7,16H2/t10?,14-/m1/s1. The van der Waals surface area contributed by atoms with E-state index in [0.29, 0.717) is 17.9 Å². The maximum Gasteiger partial charge on any atom is 0.269 e. The average molecular weight is 347 g/mol. The van der Waals surface area contributed by atoms with Crippen molar-refractivity contribution in [3.63, 3.8) is 0 Å². The fraction of sp³-hybridized carbons (Fsp3) is 0.267. The largest absolute Gasteiger partial charge is 0.543 e. The number of thioether (sulfide) groups is 1. The zero-order chi connectivity index (χ0) is 16.1. The molecule has 0 bridgehead atoms. The van der Waals surface area contributed by atoms with Crippen LogP contribution in [0, 0.1) is 0 Å². The predicted molar refractivity (Wildman–Crippen MR) is 85.1 cm³/mol. The van der Waals surface area contributed by atoms with Crippen LogP contribution in [0.15, 0.2) is 41.0 Å². The molecule has 1 amide bonds. The number of nitrogens with two attached hydrogens (primary N) is 1. The van der Waals surface area contributed by atoms with Gasteiger partial charge in [-0.1, -0.05) is 11.3 Å². The third kappa shape index (κ3) is 2.17. The maximum absolute atomic E-state index is 11.9. The molecule has 0 spiro atoms. The number of β-lactam (4-membered cyclic amide) rings is 1. The molecule has 4 rings (SSSR count). The second kappa shape index (κ2) is 5.33. The average Bonchev–Trinajstić information content (AvgIpc) is 3.03. The summed E-state index contributed by atoms with van der Waals surface area (Å²) >= 11 is 3.10. The molecule has 0 radical (unpaired) electrons. The third-order valence-electron chi connectivity index (χ3n) is 4.12. The van der Waals surface area contributed by atoms with Gasteiger partial charge in [0.2, 0.25) is 5.91 Å². The fourth-order valence-electron chi connectivity index (χ4n) is 3.01. The fourth-order valence-corrected chi connectivity index (χ4v) is 5.17. The summed E-state index contributed by atoms with van der Waals surface area (Å²) in [6.07, 6.45) is 1.92. The zero-order valence-electron chi connectivity index (χ0n) is 12.0. The number of hydrogen-bond acceptors (Lipinski definition) is 6. The van der Waals surface area contributed by atoms with E-state index in [1.165, 1.54) is 16.7 Å². The Morgan fingerprint density at radius 2 is 2.30 bits per heavy atom. The van der Waals surface area contributed by atoms with Crippen molar-refractivity contribution < 1.29 is 19.3 Å². The van der Waals surface area contributed by atoms with Gasteiger partial charge in [-0.2, -0.15) is 4.57 Å². The monoisotopic (exact) mass is 347 g/mol. The van der Waals surface area contributed by atoms with Crippen LogP contribution in [0.25, 0.3) is 10.2 Å². The van der Waals surface area contributed by atoms with Gasteiger partial charge in [-0.25, -0.2) is 0 Å². The van der Waals surface area contributed by atoms with Gasteiger partial charge in [-0.15, -0.1) is 11.8 Å². The number of fused-ring (bicyclic) bond motifs is 2. The number of carbonyl (C=O) groups excluding carboxylic acids is 2. The van der Waals surface area contributed by atoms with Crippen LogP contribution < -0.4 is 15.4 Å². The number of aromatic nitrogens is 1. The molecule has 6 nitrogen and oxygen atoms in total. The number of carboxylic acid groups (broad SMARTS) is 1. The molecular weight excluding hydrogens is 334 g/mol. The second-order valence-corrected chi connectivity index (χ2v) is 7.49. The molecule has 0 aromatic carbocycles. The molecule has 118 valence electrons. The summed E-state index contributed by atoms with van der Waals surface area (Å²) < 4.78 is 2.00. The van der Waals surface area contributed by atoms with Crippen LogP contribution in [0.1, 0.15) is 0 Å². The van der Waals surface area contributed by atoms with Crippen LogP contribution in [-0.4, -0.2) is 33.9 Å². The van der Waals surface area contributed by atoms with Gasteiger partial charge in [0.05, 0.1) is 17.1 Å². The zero-order valence-corrected chi connectivity index (χ0v) is 13.6. The van der Waals surface area contributed by atoms with Gasteiger partial charge in [0, 0.05) is 17.4 Å². The Bertz CT molecular complexity index is 861. The van der Waals surface area contributed by atoms with Gasteiger partial charge in [-0.05, 0) is 17.5 Å². The summed E-state index contributed by atoms with van der Waals surface area (Å²) in [5.74, 6) is -1.14. The lowest BCUT2D eigenvalue weighted by atomic mass is 10.0. The van der Waals surface area contributed by atoms with Crippen molar-refractivity contribution >= 4 is 45.2 Å². The van der Waals surface area contributed by atoms with Gasteiger partial charge in [0.1, 0.15) is 11.4 Å². The topological polar surface area (TPSA) is 90.3 Å². The first kappa shape index (κ1) is 14.7. The van der Waals surface area contributed by atoms with Crippen LogP contribution in [0.3, 0.4) is 0 Å². The lowest BCUT2D eigenvalue weighted by Gasteiger charge is -2.49. The number of aliphatic carboxylic acids is 1. The van der Waals surface area contributed by atoms with Crippen LogP contribution in [0.4, 0.5) is 0 Å². The molecular formula is C15H13N3O3S2. The molecule has 2 N–H and O–H groups in total. The molecule has 1 unspecified atom stereocenters. The van der Waals surface area contributed by atoms with Gasteiger partial charge in [-0.3, -0.25) is 9.69 Å². The Labute approximate surface area is 140 Å². The van der Waals surface area contributed by atoms with E-state index in [1.54, 1.807) is 11.3 Å². The number of carboxylic acids is 1. The van der Waals surface area contributed by atoms with Crippen LogP contribution in [-0.2, 0) is 16.1 Å². The van der Waals surface area contributed by atoms with Crippen molar-refractivity contribution in [2.75, 3.05) is 5.75 Å². The van der Waals surface area contributed by atoms with Gasteiger partial charge in [0.15, 0.2) is 12.7 Å². The van der Waals surface area contributed by atoms with E-state index in [0.717, 1.165) is 10.2 Å². The number of carbonyl (C=O) groups is 2. The lowest BCUT2D eigenvalue weighted by molar-refractivity contribution is -0.661. The molecule has 8 heteroatoms. The molecule has 2 aromatic heterocycles. The molecule has 2 atom stereocenters. The molecule has 1 fully saturated rings. The summed E-state index contributed by atoms with van der Waals surface area (Å²) in [6, 6.07) is 5.34. The van der Waals surface area contributed by atoms with Crippen molar-refractivity contribution in [3.05, 3.63) is 41.0 Å². The first-order valence-corrected chi connectivity index (χ1v) is 9.00. The minimum absolute atomic E-state index is 0.0125. The highest BCUT2D eigenvalue weighted by atomic mass is 32.2. The van der Waals surface area contributed by atoms with E-state index in [2.05, 4.69) is 0 Å². The highest BCUT2D eigenvalue weighted by Crippen LogP contribution is 2.39. The minimum Gasteiger partial charge on any atom is -0.543 e. The Hall–Kier alpha value is -1.90. The number of amides is 1. The van der Waals surface area contributed by atoms with Gasteiger partial charge in [0.25, 0.3) is 4.83 Å². The highest BCUT2D eigenvalue weighted by molar-refractivity contribution is 8.00. The van der Waals surface area contributed by atoms with E-state index in [9.17, 15) is 14.7 Å². The number of rotatable bonds is 3. The van der Waals surface area contributed by atoms with Crippen LogP contribution in [0.2, 0.25) is 0 Å². The number of pyridine rings is 1. The van der Waals surface area contributed by atoms with E-state index < -0.39 is 12.0 Å². The summed E-state index contributed by atoms with van der Waals surface area (Å²) in [5.41, 5.74) is 6.41. The van der Waals surface area contributed by atoms with Crippen molar-refractivity contribution in [2.24, 2.45) is 5.73 Å². The van der Waals surface area contributed by atoms with E-state index >= 15 is 0 Å². The first-order chi connectivity index (χ1) is 11.1. The molecule has 2 aliphatic heterocycles. The smallest absolute Gasteiger partial charge is 0.269 e. The Morgan fingerprint density at radius 1 is 1.48 bits per heavy atom. The van der Waals surface area contributed by atoms with E-state index in [-0.39, 0.29) is 17.0 Å². The van der Waals surface area contributed by atoms with E-state index in [1.807, 2.05) is 34.3 Å². The molecule has 1 saturated heterocycles. The number of nitrogens with zero attached hydrogens (tertiary/aromatic N) is 2. The first-order valence-electron chi connectivity index (χ1n) is 7.07. The van der Waals surface area contributed by atoms with Crippen molar-refractivity contribution in [1.82, 2.24) is 4.90 Å². The Balaban J connectivity index is 1.76. The third-order valence-corrected chi connectivity index (χ3v) is 6.45. The molecule has 0 saturated carbocycles. The highest BCUT2D eigenvalue weighted by Gasteiger charge is 2.50. The molecule has 4 heterocycles. The van der Waals surface area contributed by atoms with Gasteiger partial charge >= 0.3 is 0 Å². The summed E-state index contributed by atoms with van der Waals surface area (Å²) in [7, 11) is 0. The predicted octanol–water partition coefficient (Wildman–Crippen LogP) is -0.565. The number of thiophene rings is 1. The summed E-state index contributed by atoms with van der Waals surface area (Å²) in [6.45, 7) is 0.417. The second-order valence-electron chi connectivity index (χ2n) is 5.49. The number of hydrogen-bond donors (Lipinski definition) is 1. The normalized spacial score (nSPS) is 23.9.